The lowest BCUT2D eigenvalue weighted by atomic mass is 10.0. The van der Waals surface area contributed by atoms with Gasteiger partial charge in [-0.25, -0.2) is 4.98 Å². The zero-order chi connectivity index (χ0) is 23.2. The molecule has 0 aliphatic heterocycles. The number of benzene rings is 3. The first-order chi connectivity index (χ1) is 16.0. The molecule has 0 saturated carbocycles. The first-order valence-corrected chi connectivity index (χ1v) is 12.4. The Bertz CT molecular complexity index is 1230. The summed E-state index contributed by atoms with van der Waals surface area (Å²) < 4.78 is 1.80. The number of rotatable bonds is 8. The minimum absolute atomic E-state index is 0.160. The predicted octanol–water partition coefficient (Wildman–Crippen LogP) is 6.82. The van der Waals surface area contributed by atoms with Crippen molar-refractivity contribution < 1.29 is 4.79 Å². The SMILES string of the molecule is Cc1ccccc1-c1ccc(-n2cncc2C(=O)NCCSCc2c(Cl)cccc2Cl)cc1. The van der Waals surface area contributed by atoms with Crippen LogP contribution in [0, 0.1) is 6.92 Å². The van der Waals surface area contributed by atoms with Crippen LogP contribution < -0.4 is 5.32 Å². The van der Waals surface area contributed by atoms with Gasteiger partial charge < -0.3 is 5.32 Å². The van der Waals surface area contributed by atoms with Crippen molar-refractivity contribution >= 4 is 40.9 Å². The van der Waals surface area contributed by atoms with Crippen LogP contribution in [0.1, 0.15) is 21.6 Å². The van der Waals surface area contributed by atoms with Gasteiger partial charge in [-0.15, -0.1) is 0 Å². The summed E-state index contributed by atoms with van der Waals surface area (Å²) in [5.74, 6) is 1.28. The molecule has 0 aliphatic carbocycles. The maximum atomic E-state index is 12.8. The fourth-order valence-corrected chi connectivity index (χ4v) is 5.13. The van der Waals surface area contributed by atoms with E-state index in [4.69, 9.17) is 23.2 Å². The lowest BCUT2D eigenvalue weighted by Crippen LogP contribution is -2.27. The summed E-state index contributed by atoms with van der Waals surface area (Å²) in [6.07, 6.45) is 3.24. The molecule has 0 spiro atoms. The average Bonchev–Trinajstić information content (AvgIpc) is 3.31. The molecule has 4 aromatic rings. The molecule has 168 valence electrons. The third-order valence-electron chi connectivity index (χ3n) is 5.31. The van der Waals surface area contributed by atoms with Gasteiger partial charge in [-0.05, 0) is 53.4 Å². The van der Waals surface area contributed by atoms with Crippen molar-refractivity contribution in [2.45, 2.75) is 12.7 Å². The second-order valence-electron chi connectivity index (χ2n) is 7.52. The number of nitrogens with zero attached hydrogens (tertiary/aromatic N) is 2. The zero-order valence-corrected chi connectivity index (χ0v) is 20.4. The highest BCUT2D eigenvalue weighted by Gasteiger charge is 2.13. The number of carbonyl (C=O) groups excluding carboxylic acids is 1. The number of nitrogens with one attached hydrogen (secondary N) is 1. The van der Waals surface area contributed by atoms with E-state index in [1.54, 1.807) is 28.9 Å². The lowest BCUT2D eigenvalue weighted by Gasteiger charge is -2.11. The van der Waals surface area contributed by atoms with E-state index in [0.717, 1.165) is 22.6 Å². The number of carbonyl (C=O) groups is 1. The molecular weight excluding hydrogens is 473 g/mol. The van der Waals surface area contributed by atoms with Crippen molar-refractivity contribution in [3.05, 3.63) is 106 Å². The van der Waals surface area contributed by atoms with Crippen LogP contribution in [0.15, 0.2) is 79.3 Å². The average molecular weight is 496 g/mol. The van der Waals surface area contributed by atoms with E-state index in [0.29, 0.717) is 28.0 Å². The molecule has 1 amide bonds. The van der Waals surface area contributed by atoms with Gasteiger partial charge in [0.25, 0.3) is 5.91 Å². The number of halogens is 2. The minimum atomic E-state index is -0.160. The van der Waals surface area contributed by atoms with Gasteiger partial charge in [0.2, 0.25) is 0 Å². The van der Waals surface area contributed by atoms with Crippen LogP contribution in [0.4, 0.5) is 0 Å². The van der Waals surface area contributed by atoms with Crippen LogP contribution in [-0.4, -0.2) is 27.8 Å². The fourth-order valence-electron chi connectivity index (χ4n) is 3.54. The maximum absolute atomic E-state index is 12.8. The number of thioether (sulfide) groups is 1. The summed E-state index contributed by atoms with van der Waals surface area (Å²) in [4.78, 5) is 16.9. The molecule has 1 heterocycles. The highest BCUT2D eigenvalue weighted by molar-refractivity contribution is 7.98. The normalized spacial score (nSPS) is 10.9. The molecule has 0 saturated heterocycles. The van der Waals surface area contributed by atoms with Crippen molar-refractivity contribution in [2.75, 3.05) is 12.3 Å². The summed E-state index contributed by atoms with van der Waals surface area (Å²) >= 11 is 14.1. The van der Waals surface area contributed by atoms with Gasteiger partial charge in [-0.2, -0.15) is 11.8 Å². The van der Waals surface area contributed by atoms with Gasteiger partial charge in [-0.3, -0.25) is 9.36 Å². The van der Waals surface area contributed by atoms with E-state index in [1.807, 2.05) is 42.5 Å². The Morgan fingerprint density at radius 2 is 1.73 bits per heavy atom. The fraction of sp³-hybridized carbons (Fsp3) is 0.154. The predicted molar refractivity (Wildman–Crippen MR) is 139 cm³/mol. The van der Waals surface area contributed by atoms with E-state index in [-0.39, 0.29) is 5.91 Å². The van der Waals surface area contributed by atoms with Crippen molar-refractivity contribution in [3.63, 3.8) is 0 Å². The van der Waals surface area contributed by atoms with Crippen LogP contribution in [0.25, 0.3) is 16.8 Å². The molecule has 0 atom stereocenters. The van der Waals surface area contributed by atoms with Crippen LogP contribution >= 0.6 is 35.0 Å². The van der Waals surface area contributed by atoms with Crippen LogP contribution in [0.2, 0.25) is 10.0 Å². The highest BCUT2D eigenvalue weighted by atomic mass is 35.5. The van der Waals surface area contributed by atoms with Gasteiger partial charge in [0.15, 0.2) is 0 Å². The summed E-state index contributed by atoms with van der Waals surface area (Å²) in [5, 5.41) is 4.30. The first kappa shape index (κ1) is 23.4. The van der Waals surface area contributed by atoms with Gasteiger partial charge in [0, 0.05) is 33.8 Å². The zero-order valence-electron chi connectivity index (χ0n) is 18.1. The summed E-state index contributed by atoms with van der Waals surface area (Å²) in [6.45, 7) is 2.63. The largest absolute Gasteiger partial charge is 0.350 e. The third kappa shape index (κ3) is 5.61. The monoisotopic (exact) mass is 495 g/mol. The van der Waals surface area contributed by atoms with Crippen molar-refractivity contribution in [3.8, 4) is 16.8 Å². The van der Waals surface area contributed by atoms with Crippen LogP contribution in [0.5, 0.6) is 0 Å². The number of hydrogen-bond acceptors (Lipinski definition) is 3. The summed E-state index contributed by atoms with van der Waals surface area (Å²) in [5.41, 5.74) is 5.87. The molecule has 33 heavy (non-hydrogen) atoms. The highest BCUT2D eigenvalue weighted by Crippen LogP contribution is 2.28. The molecule has 4 rings (SSSR count). The third-order valence-corrected chi connectivity index (χ3v) is 7.01. The number of imidazole rings is 1. The van der Waals surface area contributed by atoms with E-state index in [1.165, 1.54) is 11.1 Å². The molecule has 3 aromatic carbocycles. The van der Waals surface area contributed by atoms with Gasteiger partial charge in [0.05, 0.1) is 12.5 Å². The van der Waals surface area contributed by atoms with Crippen molar-refractivity contribution in [1.29, 1.82) is 0 Å². The number of amides is 1. The number of aryl methyl sites for hydroxylation is 1. The topological polar surface area (TPSA) is 46.9 Å². The lowest BCUT2D eigenvalue weighted by molar-refractivity contribution is 0.0949. The molecular formula is C26H23Cl2N3OS. The Morgan fingerprint density at radius 3 is 2.45 bits per heavy atom. The van der Waals surface area contributed by atoms with E-state index >= 15 is 0 Å². The van der Waals surface area contributed by atoms with E-state index in [9.17, 15) is 4.79 Å². The van der Waals surface area contributed by atoms with E-state index in [2.05, 4.69) is 41.5 Å². The molecule has 0 radical (unpaired) electrons. The Kier molecular flexibility index (Phi) is 7.76. The quantitative estimate of drug-likeness (QED) is 0.273. The minimum Gasteiger partial charge on any atom is -0.350 e. The van der Waals surface area contributed by atoms with Gasteiger partial charge in [-0.1, -0.05) is 65.7 Å². The summed E-state index contributed by atoms with van der Waals surface area (Å²) in [6, 6.07) is 21.9. The first-order valence-electron chi connectivity index (χ1n) is 10.5. The molecule has 0 bridgehead atoms. The Balaban J connectivity index is 1.35. The Hall–Kier alpha value is -2.73. The Labute approximate surface area is 208 Å². The molecule has 0 fully saturated rings. The van der Waals surface area contributed by atoms with Crippen LogP contribution in [-0.2, 0) is 5.75 Å². The molecule has 1 N–H and O–H groups in total. The molecule has 0 unspecified atom stereocenters. The van der Waals surface area contributed by atoms with Gasteiger partial charge >= 0.3 is 0 Å². The van der Waals surface area contributed by atoms with Crippen LogP contribution in [0.3, 0.4) is 0 Å². The molecule has 4 nitrogen and oxygen atoms in total. The van der Waals surface area contributed by atoms with Gasteiger partial charge in [0.1, 0.15) is 5.69 Å². The summed E-state index contributed by atoms with van der Waals surface area (Å²) in [7, 11) is 0. The molecule has 7 heteroatoms. The molecule has 1 aromatic heterocycles. The standard InChI is InChI=1S/C26H23Cl2N3OS/c1-18-5-2-3-6-21(18)19-9-11-20(12-10-19)31-17-29-15-25(31)26(32)30-13-14-33-16-22-23(27)7-4-8-24(22)28/h2-12,15,17H,13-14,16H2,1H3,(H,30,32). The maximum Gasteiger partial charge on any atom is 0.269 e. The number of hydrogen-bond donors (Lipinski definition) is 1. The number of aromatic nitrogens is 2. The second kappa shape index (κ2) is 10.9. The van der Waals surface area contributed by atoms with Crippen molar-refractivity contribution in [1.82, 2.24) is 14.9 Å². The smallest absolute Gasteiger partial charge is 0.269 e. The van der Waals surface area contributed by atoms with E-state index < -0.39 is 0 Å². The second-order valence-corrected chi connectivity index (χ2v) is 9.44. The Morgan fingerprint density at radius 1 is 1.00 bits per heavy atom. The van der Waals surface area contributed by atoms with Crippen molar-refractivity contribution in [2.24, 2.45) is 0 Å². The molecule has 0 aliphatic rings.